The van der Waals surface area contributed by atoms with Gasteiger partial charge in [-0.15, -0.1) is 0 Å². The number of likely N-dealkylation sites (tertiary alicyclic amines) is 1. The maximum absolute atomic E-state index is 14.0. The van der Waals surface area contributed by atoms with Gasteiger partial charge in [-0.05, 0) is 50.2 Å². The molecule has 132 valence electrons. The van der Waals surface area contributed by atoms with Crippen LogP contribution in [0, 0.1) is 11.6 Å². The van der Waals surface area contributed by atoms with E-state index in [2.05, 4.69) is 4.90 Å². The number of rotatable bonds is 3. The highest BCUT2D eigenvalue weighted by atomic mass is 32.2. The monoisotopic (exact) mass is 354 g/mol. The van der Waals surface area contributed by atoms with Crippen LogP contribution >= 0.6 is 11.8 Å². The molecule has 0 spiro atoms. The van der Waals surface area contributed by atoms with Crippen molar-refractivity contribution in [3.8, 4) is 0 Å². The molecule has 0 bridgehead atoms. The lowest BCUT2D eigenvalue weighted by Crippen LogP contribution is -2.49. The van der Waals surface area contributed by atoms with E-state index in [4.69, 9.17) is 0 Å². The fourth-order valence-electron chi connectivity index (χ4n) is 3.51. The van der Waals surface area contributed by atoms with Crippen LogP contribution in [0.4, 0.5) is 8.78 Å². The maximum atomic E-state index is 14.0. The minimum Gasteiger partial charge on any atom is -0.333 e. The summed E-state index contributed by atoms with van der Waals surface area (Å²) in [6.07, 6.45) is 4.61. The highest BCUT2D eigenvalue weighted by Gasteiger charge is 2.30. The molecule has 1 unspecified atom stereocenters. The van der Waals surface area contributed by atoms with Crippen molar-refractivity contribution in [3.05, 3.63) is 35.4 Å². The molecule has 0 N–H and O–H groups in total. The van der Waals surface area contributed by atoms with Gasteiger partial charge in [-0.1, -0.05) is 6.42 Å². The Labute approximate surface area is 146 Å². The van der Waals surface area contributed by atoms with Gasteiger partial charge in [0.2, 0.25) is 0 Å². The number of carbonyl (C=O) groups is 1. The highest BCUT2D eigenvalue weighted by molar-refractivity contribution is 7.99. The van der Waals surface area contributed by atoms with Crippen LogP contribution in [-0.2, 0) is 0 Å². The zero-order chi connectivity index (χ0) is 16.9. The molecule has 2 heterocycles. The minimum absolute atomic E-state index is 0.0213. The smallest absolute Gasteiger partial charge is 0.257 e. The summed E-state index contributed by atoms with van der Waals surface area (Å²) in [5, 5.41) is 0. The van der Waals surface area contributed by atoms with Crippen LogP contribution in [0.2, 0.25) is 0 Å². The highest BCUT2D eigenvalue weighted by Crippen LogP contribution is 2.22. The largest absolute Gasteiger partial charge is 0.333 e. The second-order valence-corrected chi connectivity index (χ2v) is 7.72. The van der Waals surface area contributed by atoms with Gasteiger partial charge < -0.3 is 9.80 Å². The van der Waals surface area contributed by atoms with Gasteiger partial charge in [0.1, 0.15) is 11.6 Å². The third-order valence-electron chi connectivity index (χ3n) is 4.78. The molecule has 3 rings (SSSR count). The SMILES string of the molecule is O=C(c1ccc(F)cc1F)N1CCCSCC1CN1CCCCC1. The number of halogens is 2. The number of piperidine rings is 1. The molecule has 1 aromatic carbocycles. The van der Waals surface area contributed by atoms with Crippen LogP contribution in [0.25, 0.3) is 0 Å². The van der Waals surface area contributed by atoms with E-state index in [1.165, 1.54) is 25.3 Å². The lowest BCUT2D eigenvalue weighted by molar-refractivity contribution is 0.0641. The molecule has 1 aromatic rings. The van der Waals surface area contributed by atoms with Gasteiger partial charge in [0.05, 0.1) is 11.6 Å². The second-order valence-electron chi connectivity index (χ2n) is 6.57. The third kappa shape index (κ3) is 4.28. The van der Waals surface area contributed by atoms with Gasteiger partial charge in [-0.2, -0.15) is 11.8 Å². The van der Waals surface area contributed by atoms with Gasteiger partial charge in [-0.25, -0.2) is 8.78 Å². The van der Waals surface area contributed by atoms with Crippen LogP contribution in [0.1, 0.15) is 36.0 Å². The molecule has 2 fully saturated rings. The average molecular weight is 354 g/mol. The number of thioether (sulfide) groups is 1. The van der Waals surface area contributed by atoms with E-state index in [-0.39, 0.29) is 17.5 Å². The summed E-state index contributed by atoms with van der Waals surface area (Å²) in [5.74, 6) is 0.169. The van der Waals surface area contributed by atoms with Crippen molar-refractivity contribution in [2.24, 2.45) is 0 Å². The molecule has 0 aromatic heterocycles. The fraction of sp³-hybridized carbons (Fsp3) is 0.611. The van der Waals surface area contributed by atoms with Crippen LogP contribution in [0.5, 0.6) is 0 Å². The summed E-state index contributed by atoms with van der Waals surface area (Å²) >= 11 is 1.86. The first kappa shape index (κ1) is 17.7. The normalized spacial score (nSPS) is 23.1. The minimum atomic E-state index is -0.770. The molecule has 0 saturated carbocycles. The van der Waals surface area contributed by atoms with Crippen molar-refractivity contribution in [1.82, 2.24) is 9.80 Å². The quantitative estimate of drug-likeness (QED) is 0.831. The third-order valence-corrected chi connectivity index (χ3v) is 5.98. The molecule has 0 radical (unpaired) electrons. The Morgan fingerprint density at radius 2 is 1.92 bits per heavy atom. The Morgan fingerprint density at radius 3 is 2.67 bits per heavy atom. The van der Waals surface area contributed by atoms with Gasteiger partial charge in [-0.3, -0.25) is 4.79 Å². The molecule has 3 nitrogen and oxygen atoms in total. The van der Waals surface area contributed by atoms with Crippen LogP contribution in [0.15, 0.2) is 18.2 Å². The summed E-state index contributed by atoms with van der Waals surface area (Å²) < 4.78 is 27.2. The summed E-state index contributed by atoms with van der Waals surface area (Å²) in [7, 11) is 0. The first-order valence-electron chi connectivity index (χ1n) is 8.71. The lowest BCUT2D eigenvalue weighted by Gasteiger charge is -2.35. The average Bonchev–Trinajstić information content (AvgIpc) is 2.81. The Kier molecular flexibility index (Phi) is 6.11. The Hall–Kier alpha value is -1.14. The van der Waals surface area contributed by atoms with E-state index in [0.717, 1.165) is 49.7 Å². The molecule has 2 aliphatic rings. The topological polar surface area (TPSA) is 23.6 Å². The van der Waals surface area contributed by atoms with Gasteiger partial charge >= 0.3 is 0 Å². The summed E-state index contributed by atoms with van der Waals surface area (Å²) in [6.45, 7) is 3.64. The van der Waals surface area contributed by atoms with E-state index < -0.39 is 11.6 Å². The standard InChI is InChI=1S/C18H24F2N2OS/c19-14-5-6-16(17(20)11-14)18(23)22-9-4-10-24-13-15(22)12-21-7-2-1-3-8-21/h5-6,11,15H,1-4,7-10,12-13H2. The molecule has 1 amide bonds. The van der Waals surface area contributed by atoms with Crippen LogP contribution < -0.4 is 0 Å². The predicted molar refractivity (Wildman–Crippen MR) is 93.4 cm³/mol. The van der Waals surface area contributed by atoms with Crippen LogP contribution in [0.3, 0.4) is 0 Å². The summed E-state index contributed by atoms with van der Waals surface area (Å²) in [4.78, 5) is 17.1. The number of hydrogen-bond acceptors (Lipinski definition) is 3. The second kappa shape index (κ2) is 8.30. The van der Waals surface area contributed by atoms with Crippen molar-refractivity contribution in [1.29, 1.82) is 0 Å². The molecule has 1 atom stereocenters. The molecular formula is C18H24F2N2OS. The molecule has 24 heavy (non-hydrogen) atoms. The van der Waals surface area contributed by atoms with E-state index in [1.807, 2.05) is 16.7 Å². The van der Waals surface area contributed by atoms with Crippen molar-refractivity contribution >= 4 is 17.7 Å². The zero-order valence-electron chi connectivity index (χ0n) is 13.8. The van der Waals surface area contributed by atoms with E-state index >= 15 is 0 Å². The summed E-state index contributed by atoms with van der Waals surface area (Å²) in [6, 6.07) is 3.30. The van der Waals surface area contributed by atoms with Crippen molar-refractivity contribution < 1.29 is 13.6 Å². The van der Waals surface area contributed by atoms with E-state index in [1.54, 1.807) is 0 Å². The number of benzene rings is 1. The molecular weight excluding hydrogens is 330 g/mol. The van der Waals surface area contributed by atoms with Gasteiger partial charge in [0, 0.05) is 24.9 Å². The first-order chi connectivity index (χ1) is 11.6. The molecule has 2 saturated heterocycles. The molecule has 6 heteroatoms. The number of carbonyl (C=O) groups excluding carboxylic acids is 1. The first-order valence-corrected chi connectivity index (χ1v) is 9.87. The summed E-state index contributed by atoms with van der Waals surface area (Å²) in [5.41, 5.74) is -0.0213. The Bertz CT molecular complexity index is 578. The van der Waals surface area contributed by atoms with Gasteiger partial charge in [0.25, 0.3) is 5.91 Å². The Morgan fingerprint density at radius 1 is 1.12 bits per heavy atom. The molecule has 0 aliphatic carbocycles. The van der Waals surface area contributed by atoms with Crippen molar-refractivity contribution in [2.45, 2.75) is 31.7 Å². The van der Waals surface area contributed by atoms with Crippen molar-refractivity contribution in [2.75, 3.05) is 37.7 Å². The zero-order valence-corrected chi connectivity index (χ0v) is 14.7. The van der Waals surface area contributed by atoms with Gasteiger partial charge in [0.15, 0.2) is 0 Å². The maximum Gasteiger partial charge on any atom is 0.257 e. The Balaban J connectivity index is 1.76. The number of amides is 1. The van der Waals surface area contributed by atoms with E-state index in [9.17, 15) is 13.6 Å². The number of nitrogens with zero attached hydrogens (tertiary/aromatic N) is 2. The van der Waals surface area contributed by atoms with E-state index in [0.29, 0.717) is 6.54 Å². The predicted octanol–water partition coefficient (Wildman–Crippen LogP) is 3.40. The van der Waals surface area contributed by atoms with Crippen LogP contribution in [-0.4, -0.2) is 59.4 Å². The van der Waals surface area contributed by atoms with Crippen molar-refractivity contribution in [3.63, 3.8) is 0 Å². The lowest BCUT2D eigenvalue weighted by atomic mass is 10.1. The fourth-order valence-corrected chi connectivity index (χ4v) is 4.56. The molecule has 2 aliphatic heterocycles. The number of hydrogen-bond donors (Lipinski definition) is 0.